The van der Waals surface area contributed by atoms with Crippen molar-refractivity contribution in [3.05, 3.63) is 53.3 Å². The topological polar surface area (TPSA) is 95.4 Å². The zero-order chi connectivity index (χ0) is 22.4. The Balaban J connectivity index is 2.14. The molecule has 0 spiro atoms. The SMILES string of the molecule is Cc1cc(-c2noc(C)c2-c2cc(F)c(S(N)(=O)=O)cc2F)ccc1OC(F)(F)F. The number of hydrogen-bond donors (Lipinski definition) is 1. The van der Waals surface area contributed by atoms with E-state index in [0.29, 0.717) is 12.1 Å². The maximum Gasteiger partial charge on any atom is 0.573 e. The molecule has 0 atom stereocenters. The van der Waals surface area contributed by atoms with E-state index in [4.69, 9.17) is 9.66 Å². The molecule has 1 heterocycles. The molecule has 0 fully saturated rings. The fourth-order valence-electron chi connectivity index (χ4n) is 2.86. The minimum atomic E-state index is -4.88. The van der Waals surface area contributed by atoms with Gasteiger partial charge in [-0.05, 0) is 49.7 Å². The van der Waals surface area contributed by atoms with Crippen LogP contribution < -0.4 is 9.88 Å². The highest BCUT2D eigenvalue weighted by molar-refractivity contribution is 7.89. The summed E-state index contributed by atoms with van der Waals surface area (Å²) in [5.74, 6) is -2.77. The van der Waals surface area contributed by atoms with Gasteiger partial charge in [0.1, 0.15) is 33.7 Å². The highest BCUT2D eigenvalue weighted by Gasteiger charge is 2.32. The lowest BCUT2D eigenvalue weighted by atomic mass is 9.98. The van der Waals surface area contributed by atoms with Crippen molar-refractivity contribution in [1.29, 1.82) is 0 Å². The van der Waals surface area contributed by atoms with Crippen LogP contribution in [0.15, 0.2) is 39.8 Å². The third-order valence-electron chi connectivity index (χ3n) is 4.13. The van der Waals surface area contributed by atoms with E-state index in [9.17, 15) is 30.4 Å². The molecule has 6 nitrogen and oxygen atoms in total. The number of aromatic nitrogens is 1. The first kappa shape index (κ1) is 21.7. The Morgan fingerprint density at radius 3 is 2.30 bits per heavy atom. The lowest BCUT2D eigenvalue weighted by molar-refractivity contribution is -0.274. The number of nitrogens with zero attached hydrogens (tertiary/aromatic N) is 1. The van der Waals surface area contributed by atoms with E-state index in [-0.39, 0.29) is 33.7 Å². The van der Waals surface area contributed by atoms with Crippen LogP contribution in [0.2, 0.25) is 0 Å². The molecule has 12 heteroatoms. The van der Waals surface area contributed by atoms with Gasteiger partial charge >= 0.3 is 6.36 Å². The van der Waals surface area contributed by atoms with Gasteiger partial charge in [-0.3, -0.25) is 0 Å². The van der Waals surface area contributed by atoms with E-state index < -0.39 is 38.7 Å². The first-order valence-electron chi connectivity index (χ1n) is 8.13. The fourth-order valence-corrected chi connectivity index (χ4v) is 3.46. The lowest BCUT2D eigenvalue weighted by Crippen LogP contribution is -2.17. The maximum atomic E-state index is 14.6. The van der Waals surface area contributed by atoms with Gasteiger partial charge in [0, 0.05) is 11.1 Å². The molecule has 0 saturated heterocycles. The predicted molar refractivity (Wildman–Crippen MR) is 94.8 cm³/mol. The second kappa shape index (κ2) is 7.36. The molecule has 0 amide bonds. The largest absolute Gasteiger partial charge is 0.573 e. The van der Waals surface area contributed by atoms with Gasteiger partial charge in [-0.1, -0.05) is 5.16 Å². The van der Waals surface area contributed by atoms with E-state index in [1.54, 1.807) is 0 Å². The average molecular weight is 448 g/mol. The molecule has 30 heavy (non-hydrogen) atoms. The Morgan fingerprint density at radius 2 is 1.73 bits per heavy atom. The maximum absolute atomic E-state index is 14.6. The minimum Gasteiger partial charge on any atom is -0.406 e. The van der Waals surface area contributed by atoms with Gasteiger partial charge < -0.3 is 9.26 Å². The van der Waals surface area contributed by atoms with Gasteiger partial charge in [0.2, 0.25) is 10.0 Å². The van der Waals surface area contributed by atoms with Crippen molar-refractivity contribution in [1.82, 2.24) is 5.16 Å². The monoisotopic (exact) mass is 448 g/mol. The molecule has 160 valence electrons. The Labute approximate surface area is 167 Å². The van der Waals surface area contributed by atoms with Crippen molar-refractivity contribution in [2.75, 3.05) is 0 Å². The quantitative estimate of drug-likeness (QED) is 0.595. The van der Waals surface area contributed by atoms with Crippen molar-refractivity contribution in [3.63, 3.8) is 0 Å². The summed E-state index contributed by atoms with van der Waals surface area (Å²) in [6, 6.07) is 4.65. The molecule has 0 saturated carbocycles. The third-order valence-corrected chi connectivity index (χ3v) is 5.06. The number of aryl methyl sites for hydroxylation is 2. The van der Waals surface area contributed by atoms with Crippen molar-refractivity contribution in [2.24, 2.45) is 5.14 Å². The van der Waals surface area contributed by atoms with E-state index >= 15 is 0 Å². The summed E-state index contributed by atoms with van der Waals surface area (Å²) in [6.45, 7) is 2.77. The highest BCUT2D eigenvalue weighted by atomic mass is 32.2. The number of primary sulfonamides is 1. The number of hydrogen-bond acceptors (Lipinski definition) is 5. The lowest BCUT2D eigenvalue weighted by Gasteiger charge is -2.12. The Kier molecular flexibility index (Phi) is 5.33. The average Bonchev–Trinajstić information content (AvgIpc) is 2.97. The van der Waals surface area contributed by atoms with Gasteiger partial charge in [0.05, 0.1) is 5.56 Å². The summed E-state index contributed by atoms with van der Waals surface area (Å²) in [5.41, 5.74) is -0.00847. The molecule has 0 bridgehead atoms. The fraction of sp³-hybridized carbons (Fsp3) is 0.167. The number of sulfonamides is 1. The van der Waals surface area contributed by atoms with Gasteiger partial charge in [0.15, 0.2) is 0 Å². The molecule has 0 unspecified atom stereocenters. The van der Waals surface area contributed by atoms with Gasteiger partial charge in [0.25, 0.3) is 0 Å². The molecular formula is C18H13F5N2O4S. The van der Waals surface area contributed by atoms with Crippen LogP contribution in [-0.2, 0) is 10.0 Å². The molecule has 2 N–H and O–H groups in total. The smallest absolute Gasteiger partial charge is 0.406 e. The van der Waals surface area contributed by atoms with Crippen LogP contribution in [0.4, 0.5) is 22.0 Å². The second-order valence-corrected chi connectivity index (χ2v) is 7.83. The van der Waals surface area contributed by atoms with Crippen molar-refractivity contribution >= 4 is 10.0 Å². The van der Waals surface area contributed by atoms with Crippen molar-refractivity contribution in [3.8, 4) is 28.1 Å². The van der Waals surface area contributed by atoms with Gasteiger partial charge in [-0.25, -0.2) is 22.3 Å². The van der Waals surface area contributed by atoms with Crippen molar-refractivity contribution < 1.29 is 39.6 Å². The summed E-state index contributed by atoms with van der Waals surface area (Å²) in [7, 11) is -4.50. The zero-order valence-corrected chi connectivity index (χ0v) is 16.2. The van der Waals surface area contributed by atoms with Crippen LogP contribution in [-0.4, -0.2) is 19.9 Å². The van der Waals surface area contributed by atoms with Crippen LogP contribution in [0, 0.1) is 25.5 Å². The van der Waals surface area contributed by atoms with Gasteiger partial charge in [-0.2, -0.15) is 0 Å². The Morgan fingerprint density at radius 1 is 1.07 bits per heavy atom. The van der Waals surface area contributed by atoms with Crippen LogP contribution in [0.5, 0.6) is 5.75 Å². The number of nitrogens with two attached hydrogens (primary N) is 1. The van der Waals surface area contributed by atoms with E-state index in [2.05, 4.69) is 9.89 Å². The summed E-state index contributed by atoms with van der Waals surface area (Å²) >= 11 is 0. The van der Waals surface area contributed by atoms with E-state index in [1.807, 2.05) is 0 Å². The molecule has 0 aliphatic rings. The number of benzene rings is 2. The molecular weight excluding hydrogens is 435 g/mol. The molecule has 3 aromatic rings. The highest BCUT2D eigenvalue weighted by Crippen LogP contribution is 2.38. The predicted octanol–water partition coefficient (Wildman–Crippen LogP) is 4.45. The molecule has 2 aromatic carbocycles. The summed E-state index contributed by atoms with van der Waals surface area (Å²) in [6.07, 6.45) is -4.88. The number of rotatable bonds is 4. The second-order valence-electron chi connectivity index (χ2n) is 6.30. The van der Waals surface area contributed by atoms with Crippen LogP contribution in [0.1, 0.15) is 11.3 Å². The first-order valence-corrected chi connectivity index (χ1v) is 9.68. The van der Waals surface area contributed by atoms with Crippen molar-refractivity contribution in [2.45, 2.75) is 25.1 Å². The third kappa shape index (κ3) is 4.28. The van der Waals surface area contributed by atoms with Crippen LogP contribution in [0.3, 0.4) is 0 Å². The summed E-state index contributed by atoms with van der Waals surface area (Å²) < 4.78 is 98.0. The minimum absolute atomic E-state index is 0.00346. The molecule has 0 aliphatic carbocycles. The summed E-state index contributed by atoms with van der Waals surface area (Å²) in [4.78, 5) is -1.02. The standard InChI is InChI=1S/C18H13F5N2O4S/c1-8-5-10(3-4-14(8)28-18(21,22)23)17-16(9(2)29-25-17)11-6-13(20)15(7-12(11)19)30(24,26)27/h3-7H,1-2H3,(H2,24,26,27). The first-order chi connectivity index (χ1) is 13.8. The number of ether oxygens (including phenoxy) is 1. The molecule has 1 aromatic heterocycles. The normalized spacial score (nSPS) is 12.3. The molecule has 0 aliphatic heterocycles. The number of halogens is 5. The molecule has 0 radical (unpaired) electrons. The van der Waals surface area contributed by atoms with Crippen LogP contribution in [0.25, 0.3) is 22.4 Å². The van der Waals surface area contributed by atoms with E-state index in [0.717, 1.165) is 6.07 Å². The Hall–Kier alpha value is -2.99. The van der Waals surface area contributed by atoms with Crippen LogP contribution >= 0.6 is 0 Å². The zero-order valence-electron chi connectivity index (χ0n) is 15.3. The van der Waals surface area contributed by atoms with E-state index in [1.165, 1.54) is 26.0 Å². The molecule has 3 rings (SSSR count). The summed E-state index contributed by atoms with van der Waals surface area (Å²) in [5, 5.41) is 8.64. The Bertz CT molecular complexity index is 1240. The number of alkyl halides is 3. The van der Waals surface area contributed by atoms with Gasteiger partial charge in [-0.15, -0.1) is 13.2 Å².